The van der Waals surface area contributed by atoms with Crippen LogP contribution in [-0.2, 0) is 11.2 Å². The molecule has 0 spiro atoms. The average Bonchev–Trinajstić information content (AvgIpc) is 2.55. The lowest BCUT2D eigenvalue weighted by Gasteiger charge is -2.13. The highest BCUT2D eigenvalue weighted by atomic mass is 35.5. The topological polar surface area (TPSA) is 58.6 Å². The van der Waals surface area contributed by atoms with Crippen LogP contribution in [0.15, 0.2) is 42.5 Å². The van der Waals surface area contributed by atoms with Crippen molar-refractivity contribution in [2.45, 2.75) is 25.9 Å². The van der Waals surface area contributed by atoms with Crippen molar-refractivity contribution < 1.29 is 14.6 Å². The fourth-order valence-corrected chi connectivity index (χ4v) is 2.62. The maximum absolute atomic E-state index is 12.0. The molecule has 0 heterocycles. The first-order valence-electron chi connectivity index (χ1n) is 7.83. The minimum atomic E-state index is -0.837. The Hall–Kier alpha value is -2.04. The van der Waals surface area contributed by atoms with Gasteiger partial charge in [-0.25, -0.2) is 0 Å². The number of benzene rings is 2. The van der Waals surface area contributed by atoms with Gasteiger partial charge in [-0.3, -0.25) is 4.79 Å². The van der Waals surface area contributed by atoms with Crippen molar-refractivity contribution in [2.75, 3.05) is 13.7 Å². The van der Waals surface area contributed by atoms with E-state index in [1.165, 1.54) is 0 Å². The first kappa shape index (κ1) is 18.3. The number of hydrogen-bond donors (Lipinski definition) is 2. The molecule has 1 atom stereocenters. The van der Waals surface area contributed by atoms with E-state index in [4.69, 9.17) is 16.3 Å². The number of aryl methyl sites for hydroxylation is 1. The molecule has 0 aliphatic rings. The molecule has 0 saturated heterocycles. The largest absolute Gasteiger partial charge is 0.496 e. The van der Waals surface area contributed by atoms with Crippen LogP contribution in [0.2, 0.25) is 5.02 Å². The number of carbonyl (C=O) groups excluding carboxylic acids is 1. The van der Waals surface area contributed by atoms with Crippen molar-refractivity contribution in [1.29, 1.82) is 0 Å². The highest BCUT2D eigenvalue weighted by molar-refractivity contribution is 6.30. The fraction of sp³-hybridized carbons (Fsp3) is 0.316. The summed E-state index contributed by atoms with van der Waals surface area (Å²) >= 11 is 5.81. The molecule has 4 nitrogen and oxygen atoms in total. The Morgan fingerprint density at radius 1 is 1.25 bits per heavy atom. The molecule has 2 aromatic carbocycles. The number of ether oxygens (including phenoxy) is 1. The molecule has 0 fully saturated rings. The van der Waals surface area contributed by atoms with E-state index in [-0.39, 0.29) is 12.3 Å². The predicted molar refractivity (Wildman–Crippen MR) is 95.5 cm³/mol. The molecule has 1 unspecified atom stereocenters. The number of carbonyl (C=O) groups is 1. The molecular formula is C19H22ClNO3. The van der Waals surface area contributed by atoms with Crippen LogP contribution < -0.4 is 10.1 Å². The van der Waals surface area contributed by atoms with Crippen molar-refractivity contribution in [3.8, 4) is 5.75 Å². The molecule has 2 aromatic rings. The lowest BCUT2D eigenvalue weighted by molar-refractivity contribution is -0.123. The number of nitrogens with one attached hydrogen (secondary N) is 1. The molecule has 24 heavy (non-hydrogen) atoms. The second-order valence-corrected chi connectivity index (χ2v) is 6.12. The van der Waals surface area contributed by atoms with E-state index in [0.717, 1.165) is 16.9 Å². The van der Waals surface area contributed by atoms with Gasteiger partial charge >= 0.3 is 0 Å². The van der Waals surface area contributed by atoms with Crippen molar-refractivity contribution in [3.63, 3.8) is 0 Å². The summed E-state index contributed by atoms with van der Waals surface area (Å²) in [6.45, 7) is 2.51. The van der Waals surface area contributed by atoms with Crippen LogP contribution in [0.1, 0.15) is 29.2 Å². The predicted octanol–water partition coefficient (Wildman–Crippen LogP) is 3.44. The van der Waals surface area contributed by atoms with Gasteiger partial charge in [0.15, 0.2) is 0 Å². The van der Waals surface area contributed by atoms with Crippen molar-refractivity contribution >= 4 is 17.5 Å². The molecule has 0 saturated carbocycles. The second-order valence-electron chi connectivity index (χ2n) is 5.69. The van der Waals surface area contributed by atoms with E-state index in [1.54, 1.807) is 31.4 Å². The van der Waals surface area contributed by atoms with Crippen molar-refractivity contribution in [3.05, 3.63) is 64.2 Å². The van der Waals surface area contributed by atoms with Gasteiger partial charge < -0.3 is 15.2 Å². The van der Waals surface area contributed by atoms with Crippen LogP contribution in [-0.4, -0.2) is 24.7 Å². The molecule has 5 heteroatoms. The summed E-state index contributed by atoms with van der Waals surface area (Å²) < 4.78 is 5.33. The standard InChI is InChI=1S/C19H22ClNO3/c1-13-3-8-18(24-2)15(11-13)9-10-21-19(23)12-17(22)14-4-6-16(20)7-5-14/h3-8,11,17,22H,9-10,12H2,1-2H3,(H,21,23). The third kappa shape index (κ3) is 5.25. The van der Waals surface area contributed by atoms with Crippen LogP contribution in [0.5, 0.6) is 5.75 Å². The Morgan fingerprint density at radius 2 is 1.96 bits per heavy atom. The summed E-state index contributed by atoms with van der Waals surface area (Å²) in [5.74, 6) is 0.625. The molecular weight excluding hydrogens is 326 g/mol. The third-order valence-corrected chi connectivity index (χ3v) is 4.04. The highest BCUT2D eigenvalue weighted by Crippen LogP contribution is 2.20. The number of aliphatic hydroxyl groups excluding tert-OH is 1. The van der Waals surface area contributed by atoms with Crippen LogP contribution >= 0.6 is 11.6 Å². The van der Waals surface area contributed by atoms with Crippen LogP contribution in [0.3, 0.4) is 0 Å². The summed E-state index contributed by atoms with van der Waals surface area (Å²) in [5.41, 5.74) is 2.88. The summed E-state index contributed by atoms with van der Waals surface area (Å²) in [5, 5.41) is 13.5. The van der Waals surface area contributed by atoms with E-state index in [2.05, 4.69) is 5.32 Å². The monoisotopic (exact) mass is 347 g/mol. The molecule has 0 aromatic heterocycles. The Morgan fingerprint density at radius 3 is 2.62 bits per heavy atom. The number of halogens is 1. The van der Waals surface area contributed by atoms with Gasteiger partial charge in [-0.05, 0) is 42.7 Å². The normalized spacial score (nSPS) is 11.8. The number of rotatable bonds is 7. The van der Waals surface area contributed by atoms with Gasteiger partial charge in [-0.15, -0.1) is 0 Å². The zero-order valence-corrected chi connectivity index (χ0v) is 14.6. The maximum atomic E-state index is 12.0. The van der Waals surface area contributed by atoms with Gasteiger partial charge in [0, 0.05) is 11.6 Å². The van der Waals surface area contributed by atoms with Gasteiger partial charge in [0.2, 0.25) is 5.91 Å². The molecule has 0 aliphatic carbocycles. The summed E-state index contributed by atoms with van der Waals surface area (Å²) in [6.07, 6.45) is -0.143. The molecule has 0 aliphatic heterocycles. The second kappa shape index (κ2) is 8.71. The Balaban J connectivity index is 1.83. The van der Waals surface area contributed by atoms with E-state index in [1.807, 2.05) is 25.1 Å². The number of amides is 1. The molecule has 128 valence electrons. The van der Waals surface area contributed by atoms with E-state index >= 15 is 0 Å². The lowest BCUT2D eigenvalue weighted by Crippen LogP contribution is -2.27. The van der Waals surface area contributed by atoms with Crippen molar-refractivity contribution in [2.24, 2.45) is 0 Å². The average molecular weight is 348 g/mol. The zero-order valence-electron chi connectivity index (χ0n) is 13.9. The van der Waals surface area contributed by atoms with E-state index in [0.29, 0.717) is 23.6 Å². The van der Waals surface area contributed by atoms with Gasteiger partial charge in [-0.1, -0.05) is 41.4 Å². The first-order chi connectivity index (χ1) is 11.5. The minimum Gasteiger partial charge on any atom is -0.496 e. The van der Waals surface area contributed by atoms with E-state index < -0.39 is 6.10 Å². The molecule has 2 N–H and O–H groups in total. The van der Waals surface area contributed by atoms with Gasteiger partial charge in [0.05, 0.1) is 19.6 Å². The number of hydrogen-bond acceptors (Lipinski definition) is 3. The SMILES string of the molecule is COc1ccc(C)cc1CCNC(=O)CC(O)c1ccc(Cl)cc1. The quantitative estimate of drug-likeness (QED) is 0.806. The summed E-state index contributed by atoms with van der Waals surface area (Å²) in [4.78, 5) is 12.0. The fourth-order valence-electron chi connectivity index (χ4n) is 2.49. The van der Waals surface area contributed by atoms with Crippen LogP contribution in [0.4, 0.5) is 0 Å². The van der Waals surface area contributed by atoms with Gasteiger partial charge in [-0.2, -0.15) is 0 Å². The van der Waals surface area contributed by atoms with Crippen molar-refractivity contribution in [1.82, 2.24) is 5.32 Å². The van der Waals surface area contributed by atoms with Gasteiger partial charge in [0.1, 0.15) is 5.75 Å². The third-order valence-electron chi connectivity index (χ3n) is 3.79. The minimum absolute atomic E-state index is 0.0204. The first-order valence-corrected chi connectivity index (χ1v) is 8.21. The zero-order chi connectivity index (χ0) is 17.5. The number of methoxy groups -OCH3 is 1. The summed E-state index contributed by atoms with van der Waals surface area (Å²) in [6, 6.07) is 12.8. The smallest absolute Gasteiger partial charge is 0.222 e. The molecule has 1 amide bonds. The summed E-state index contributed by atoms with van der Waals surface area (Å²) in [7, 11) is 1.63. The van der Waals surface area contributed by atoms with E-state index in [9.17, 15) is 9.90 Å². The van der Waals surface area contributed by atoms with Gasteiger partial charge in [0.25, 0.3) is 0 Å². The Labute approximate surface area is 147 Å². The Bertz CT molecular complexity index is 686. The molecule has 0 radical (unpaired) electrons. The van der Waals surface area contributed by atoms with Crippen LogP contribution in [0, 0.1) is 6.92 Å². The molecule has 2 rings (SSSR count). The Kier molecular flexibility index (Phi) is 6.64. The maximum Gasteiger partial charge on any atom is 0.222 e. The lowest BCUT2D eigenvalue weighted by atomic mass is 10.1. The van der Waals surface area contributed by atoms with Crippen LogP contribution in [0.25, 0.3) is 0 Å². The molecule has 0 bridgehead atoms. The highest BCUT2D eigenvalue weighted by Gasteiger charge is 2.13. The number of aliphatic hydroxyl groups is 1.